The summed E-state index contributed by atoms with van der Waals surface area (Å²) in [5, 5.41) is 14.1. The van der Waals surface area contributed by atoms with E-state index >= 15 is 0 Å². The molecule has 6 nitrogen and oxygen atoms in total. The number of hydrogen-bond acceptors (Lipinski definition) is 3. The topological polar surface area (TPSA) is 95.5 Å². The molecule has 0 bridgehead atoms. The lowest BCUT2D eigenvalue weighted by molar-refractivity contribution is -0.140. The summed E-state index contributed by atoms with van der Waals surface area (Å²) in [7, 11) is 0. The van der Waals surface area contributed by atoms with E-state index in [0.29, 0.717) is 12.8 Å². The van der Waals surface area contributed by atoms with Gasteiger partial charge >= 0.3 is 5.97 Å². The van der Waals surface area contributed by atoms with Crippen molar-refractivity contribution in [2.75, 3.05) is 6.54 Å². The molecule has 2 aliphatic carbocycles. The Morgan fingerprint density at radius 1 is 0.857 bits per heavy atom. The summed E-state index contributed by atoms with van der Waals surface area (Å²) < 4.78 is 0. The third-order valence-corrected chi connectivity index (χ3v) is 4.55. The molecule has 2 amide bonds. The number of nitrogens with one attached hydrogen (secondary N) is 2. The summed E-state index contributed by atoms with van der Waals surface area (Å²) in [6, 6.07) is 0.252. The average Bonchev–Trinajstić information content (AvgIpc) is 2.97. The van der Waals surface area contributed by atoms with Gasteiger partial charge in [0.05, 0.1) is 0 Å². The quantitative estimate of drug-likeness (QED) is 0.706. The van der Waals surface area contributed by atoms with E-state index in [1.165, 1.54) is 0 Å². The van der Waals surface area contributed by atoms with Crippen LogP contribution >= 0.6 is 0 Å². The van der Waals surface area contributed by atoms with Gasteiger partial charge in [0, 0.05) is 17.9 Å². The number of carboxylic acid groups (broad SMARTS) is 1. The lowest BCUT2D eigenvalue weighted by Gasteiger charge is -2.30. The highest BCUT2D eigenvalue weighted by atomic mass is 16.4. The van der Waals surface area contributed by atoms with Gasteiger partial charge < -0.3 is 15.7 Å². The Labute approximate surface area is 124 Å². The smallest absolute Gasteiger partial charge is 0.322 e. The molecule has 0 spiro atoms. The summed E-state index contributed by atoms with van der Waals surface area (Å²) in [6.45, 7) is -0.383. The molecule has 0 aliphatic heterocycles. The molecule has 2 fully saturated rings. The largest absolute Gasteiger partial charge is 0.480 e. The van der Waals surface area contributed by atoms with Crippen LogP contribution in [-0.4, -0.2) is 35.5 Å². The second-order valence-corrected chi connectivity index (χ2v) is 6.10. The third-order valence-electron chi connectivity index (χ3n) is 4.55. The van der Waals surface area contributed by atoms with E-state index in [4.69, 9.17) is 5.11 Å². The molecule has 2 atom stereocenters. The molecule has 0 heterocycles. The molecule has 6 heteroatoms. The molecule has 0 saturated heterocycles. The Bertz CT molecular complexity index is 404. The van der Waals surface area contributed by atoms with Crippen LogP contribution in [0.15, 0.2) is 0 Å². The fourth-order valence-electron chi connectivity index (χ4n) is 3.43. The van der Waals surface area contributed by atoms with Crippen molar-refractivity contribution < 1.29 is 19.5 Å². The van der Waals surface area contributed by atoms with Crippen molar-refractivity contribution in [3.05, 3.63) is 0 Å². The Morgan fingerprint density at radius 2 is 1.38 bits per heavy atom. The Morgan fingerprint density at radius 3 is 1.95 bits per heavy atom. The number of aliphatic carboxylic acids is 1. The van der Waals surface area contributed by atoms with Crippen molar-refractivity contribution in [2.45, 2.75) is 57.4 Å². The van der Waals surface area contributed by atoms with Crippen molar-refractivity contribution >= 4 is 17.8 Å². The standard InChI is InChI=1S/C15H24N2O4/c18-13(19)9-16-14(20)11-7-3-4-8-12(11)15(21)17-10-5-1-2-6-10/h10-12H,1-9H2,(H,16,20)(H,17,21)(H,18,19). The van der Waals surface area contributed by atoms with Crippen molar-refractivity contribution in [1.82, 2.24) is 10.6 Å². The van der Waals surface area contributed by atoms with E-state index in [0.717, 1.165) is 38.5 Å². The lowest BCUT2D eigenvalue weighted by Crippen LogP contribution is -2.46. The molecule has 3 N–H and O–H groups in total. The minimum atomic E-state index is -1.06. The highest BCUT2D eigenvalue weighted by molar-refractivity contribution is 5.89. The van der Waals surface area contributed by atoms with Crippen molar-refractivity contribution in [3.8, 4) is 0 Å². The monoisotopic (exact) mass is 296 g/mol. The van der Waals surface area contributed by atoms with E-state index in [1.54, 1.807) is 0 Å². The van der Waals surface area contributed by atoms with Gasteiger partial charge in [-0.1, -0.05) is 25.7 Å². The molecular weight excluding hydrogens is 272 g/mol. The zero-order chi connectivity index (χ0) is 15.2. The van der Waals surface area contributed by atoms with Crippen LogP contribution in [0.5, 0.6) is 0 Å². The predicted octanol–water partition coefficient (Wildman–Crippen LogP) is 1.05. The number of carbonyl (C=O) groups excluding carboxylic acids is 2. The number of carboxylic acids is 1. The highest BCUT2D eigenvalue weighted by Crippen LogP contribution is 2.31. The first-order chi connectivity index (χ1) is 10.1. The molecular formula is C15H24N2O4. The summed E-state index contributed by atoms with van der Waals surface area (Å²) >= 11 is 0. The minimum Gasteiger partial charge on any atom is -0.480 e. The SMILES string of the molecule is O=C(O)CNC(=O)C1CCCCC1C(=O)NC1CCCC1. The maximum atomic E-state index is 12.4. The number of carbonyl (C=O) groups is 3. The zero-order valence-corrected chi connectivity index (χ0v) is 12.3. The van der Waals surface area contributed by atoms with Crippen LogP contribution in [-0.2, 0) is 14.4 Å². The van der Waals surface area contributed by atoms with Crippen LogP contribution < -0.4 is 10.6 Å². The molecule has 0 aromatic rings. The van der Waals surface area contributed by atoms with Gasteiger partial charge in [0.1, 0.15) is 6.54 Å². The summed E-state index contributed by atoms with van der Waals surface area (Å²) in [5.41, 5.74) is 0. The van der Waals surface area contributed by atoms with Crippen LogP contribution in [0.1, 0.15) is 51.4 Å². The molecule has 2 aliphatic rings. The number of hydrogen-bond donors (Lipinski definition) is 3. The van der Waals surface area contributed by atoms with Crippen LogP contribution in [0.4, 0.5) is 0 Å². The third kappa shape index (κ3) is 4.44. The van der Waals surface area contributed by atoms with Gasteiger partial charge in [0.15, 0.2) is 0 Å². The Balaban J connectivity index is 1.92. The molecule has 118 valence electrons. The van der Waals surface area contributed by atoms with Crippen molar-refractivity contribution in [1.29, 1.82) is 0 Å². The van der Waals surface area contributed by atoms with E-state index in [2.05, 4.69) is 10.6 Å². The molecule has 0 aromatic carbocycles. The van der Waals surface area contributed by atoms with E-state index in [-0.39, 0.29) is 36.2 Å². The number of amides is 2. The molecule has 2 unspecified atom stereocenters. The second kappa shape index (κ2) is 7.43. The van der Waals surface area contributed by atoms with Gasteiger partial charge in [-0.2, -0.15) is 0 Å². The first-order valence-electron chi connectivity index (χ1n) is 7.88. The summed E-state index contributed by atoms with van der Waals surface area (Å²) in [4.78, 5) is 35.0. The first-order valence-corrected chi connectivity index (χ1v) is 7.88. The zero-order valence-electron chi connectivity index (χ0n) is 12.3. The molecule has 21 heavy (non-hydrogen) atoms. The number of rotatable bonds is 5. The van der Waals surface area contributed by atoms with E-state index in [9.17, 15) is 14.4 Å². The maximum Gasteiger partial charge on any atom is 0.322 e. The fourth-order valence-corrected chi connectivity index (χ4v) is 3.43. The Hall–Kier alpha value is -1.59. The van der Waals surface area contributed by atoms with Gasteiger partial charge in [-0.3, -0.25) is 14.4 Å². The van der Waals surface area contributed by atoms with Gasteiger partial charge in [0.25, 0.3) is 0 Å². The van der Waals surface area contributed by atoms with Crippen LogP contribution in [0, 0.1) is 11.8 Å². The fraction of sp³-hybridized carbons (Fsp3) is 0.800. The average molecular weight is 296 g/mol. The van der Waals surface area contributed by atoms with Crippen LogP contribution in [0.2, 0.25) is 0 Å². The minimum absolute atomic E-state index is 0.0305. The molecule has 0 aromatic heterocycles. The van der Waals surface area contributed by atoms with Gasteiger partial charge in [-0.05, 0) is 25.7 Å². The van der Waals surface area contributed by atoms with E-state index < -0.39 is 5.97 Å². The van der Waals surface area contributed by atoms with Crippen molar-refractivity contribution in [3.63, 3.8) is 0 Å². The highest BCUT2D eigenvalue weighted by Gasteiger charge is 2.36. The van der Waals surface area contributed by atoms with Gasteiger partial charge in [0.2, 0.25) is 11.8 Å². The van der Waals surface area contributed by atoms with Gasteiger partial charge in [-0.25, -0.2) is 0 Å². The summed E-state index contributed by atoms with van der Waals surface area (Å²) in [6.07, 6.45) is 7.58. The van der Waals surface area contributed by atoms with E-state index in [1.807, 2.05) is 0 Å². The maximum absolute atomic E-state index is 12.4. The van der Waals surface area contributed by atoms with Gasteiger partial charge in [-0.15, -0.1) is 0 Å². The lowest BCUT2D eigenvalue weighted by atomic mass is 9.78. The summed E-state index contributed by atoms with van der Waals surface area (Å²) in [5.74, 6) is -2.10. The molecule has 0 radical (unpaired) electrons. The molecule has 2 saturated carbocycles. The first kappa shape index (κ1) is 15.8. The van der Waals surface area contributed by atoms with Crippen LogP contribution in [0.25, 0.3) is 0 Å². The Kier molecular flexibility index (Phi) is 5.59. The van der Waals surface area contributed by atoms with Crippen molar-refractivity contribution in [2.24, 2.45) is 11.8 Å². The predicted molar refractivity (Wildman–Crippen MR) is 76.5 cm³/mol. The second-order valence-electron chi connectivity index (χ2n) is 6.10. The molecule has 2 rings (SSSR count). The normalized spacial score (nSPS) is 26.3. The van der Waals surface area contributed by atoms with Crippen LogP contribution in [0.3, 0.4) is 0 Å².